The molecule has 0 unspecified atom stereocenters. The predicted molar refractivity (Wildman–Crippen MR) is 94.6 cm³/mol. The van der Waals surface area contributed by atoms with Crippen molar-refractivity contribution in [1.82, 2.24) is 0 Å². The van der Waals surface area contributed by atoms with Crippen LogP contribution in [0.25, 0.3) is 33.1 Å². The van der Waals surface area contributed by atoms with Crippen molar-refractivity contribution >= 4 is 53.8 Å². The molecular formula is C18H10Br2O. The first kappa shape index (κ1) is 13.1. The Morgan fingerprint density at radius 2 is 1.33 bits per heavy atom. The van der Waals surface area contributed by atoms with Gasteiger partial charge in [-0.1, -0.05) is 68.3 Å². The second-order valence-electron chi connectivity index (χ2n) is 4.87. The Labute approximate surface area is 138 Å². The van der Waals surface area contributed by atoms with Gasteiger partial charge < -0.3 is 4.42 Å². The molecule has 1 aromatic heterocycles. The molecule has 1 nitrogen and oxygen atoms in total. The average Bonchev–Trinajstić information content (AvgIpc) is 2.86. The van der Waals surface area contributed by atoms with Crippen molar-refractivity contribution in [2.75, 3.05) is 0 Å². The highest BCUT2D eigenvalue weighted by atomic mass is 79.9. The van der Waals surface area contributed by atoms with E-state index in [-0.39, 0.29) is 0 Å². The first-order valence-corrected chi connectivity index (χ1v) is 8.19. The number of halogens is 2. The van der Waals surface area contributed by atoms with Crippen molar-refractivity contribution in [3.63, 3.8) is 0 Å². The second-order valence-corrected chi connectivity index (χ2v) is 6.58. The molecule has 1 heterocycles. The molecule has 0 fully saturated rings. The lowest BCUT2D eigenvalue weighted by Crippen LogP contribution is -1.83. The van der Waals surface area contributed by atoms with Crippen LogP contribution in [0.5, 0.6) is 0 Å². The monoisotopic (exact) mass is 400 g/mol. The normalized spacial score (nSPS) is 11.3. The van der Waals surface area contributed by atoms with Crippen molar-refractivity contribution in [1.29, 1.82) is 0 Å². The van der Waals surface area contributed by atoms with Gasteiger partial charge in [0.1, 0.15) is 11.2 Å². The number of furan rings is 1. The van der Waals surface area contributed by atoms with E-state index in [1.54, 1.807) is 0 Å². The number of fused-ring (bicyclic) bond motifs is 3. The first-order valence-electron chi connectivity index (χ1n) is 6.60. The van der Waals surface area contributed by atoms with Crippen LogP contribution in [0.3, 0.4) is 0 Å². The van der Waals surface area contributed by atoms with Crippen LogP contribution in [0.1, 0.15) is 0 Å². The molecule has 0 saturated heterocycles. The fraction of sp³-hybridized carbons (Fsp3) is 0. The standard InChI is InChI=1S/C18H10Br2O/c19-13-7-4-8-14(20)18(13)12-6-3-10-16-17(12)11-5-1-2-9-15(11)21-16/h1-10H. The lowest BCUT2D eigenvalue weighted by atomic mass is 9.99. The smallest absolute Gasteiger partial charge is 0.136 e. The Balaban J connectivity index is 2.19. The van der Waals surface area contributed by atoms with Crippen LogP contribution >= 0.6 is 31.9 Å². The number of hydrogen-bond acceptors (Lipinski definition) is 1. The lowest BCUT2D eigenvalue weighted by molar-refractivity contribution is 0.669. The second kappa shape index (κ2) is 5.00. The van der Waals surface area contributed by atoms with Crippen LogP contribution < -0.4 is 0 Å². The van der Waals surface area contributed by atoms with Gasteiger partial charge in [0.2, 0.25) is 0 Å². The molecule has 4 rings (SSSR count). The summed E-state index contributed by atoms with van der Waals surface area (Å²) in [6, 6.07) is 20.5. The molecular weight excluding hydrogens is 392 g/mol. The largest absolute Gasteiger partial charge is 0.456 e. The van der Waals surface area contributed by atoms with Crippen LogP contribution in [0.2, 0.25) is 0 Å². The minimum Gasteiger partial charge on any atom is -0.456 e. The summed E-state index contributed by atoms with van der Waals surface area (Å²) in [4.78, 5) is 0. The van der Waals surface area contributed by atoms with Crippen LogP contribution in [0, 0.1) is 0 Å². The van der Waals surface area contributed by atoms with E-state index in [0.717, 1.165) is 42.0 Å². The maximum Gasteiger partial charge on any atom is 0.136 e. The summed E-state index contributed by atoms with van der Waals surface area (Å²) in [7, 11) is 0. The summed E-state index contributed by atoms with van der Waals surface area (Å²) in [5, 5.41) is 2.30. The number of rotatable bonds is 1. The van der Waals surface area contributed by atoms with E-state index in [1.165, 1.54) is 0 Å². The van der Waals surface area contributed by atoms with Crippen LogP contribution in [-0.4, -0.2) is 0 Å². The van der Waals surface area contributed by atoms with E-state index in [4.69, 9.17) is 4.42 Å². The van der Waals surface area contributed by atoms with Gasteiger partial charge in [-0.3, -0.25) is 0 Å². The quantitative estimate of drug-likeness (QED) is 0.342. The zero-order valence-corrected chi connectivity index (χ0v) is 14.1. The first-order chi connectivity index (χ1) is 10.3. The molecule has 0 spiro atoms. The maximum absolute atomic E-state index is 5.96. The molecule has 102 valence electrons. The van der Waals surface area contributed by atoms with E-state index in [0.29, 0.717) is 0 Å². The highest BCUT2D eigenvalue weighted by Crippen LogP contribution is 2.42. The maximum atomic E-state index is 5.96. The fourth-order valence-corrected chi connectivity index (χ4v) is 4.16. The van der Waals surface area contributed by atoms with Crippen LogP contribution in [0.15, 0.2) is 74.0 Å². The third-order valence-corrected chi connectivity index (χ3v) is 4.96. The van der Waals surface area contributed by atoms with Crippen molar-refractivity contribution in [2.45, 2.75) is 0 Å². The molecule has 3 aromatic carbocycles. The average molecular weight is 402 g/mol. The van der Waals surface area contributed by atoms with E-state index >= 15 is 0 Å². The Hall–Kier alpha value is -1.58. The van der Waals surface area contributed by atoms with Gasteiger partial charge >= 0.3 is 0 Å². The Morgan fingerprint density at radius 3 is 2.14 bits per heavy atom. The minimum absolute atomic E-state index is 0.913. The summed E-state index contributed by atoms with van der Waals surface area (Å²) in [5.74, 6) is 0. The zero-order valence-electron chi connectivity index (χ0n) is 10.9. The zero-order chi connectivity index (χ0) is 14.4. The van der Waals surface area contributed by atoms with Crippen LogP contribution in [0.4, 0.5) is 0 Å². The molecule has 0 aliphatic rings. The SMILES string of the molecule is Brc1cccc(Br)c1-c1cccc2oc3ccccc3c12. The van der Waals surface area contributed by atoms with E-state index in [1.807, 2.05) is 36.4 Å². The topological polar surface area (TPSA) is 13.1 Å². The molecule has 0 saturated carbocycles. The summed E-state index contributed by atoms with van der Waals surface area (Å²) in [6.07, 6.45) is 0. The van der Waals surface area contributed by atoms with Gasteiger partial charge in [0.25, 0.3) is 0 Å². The third-order valence-electron chi connectivity index (χ3n) is 3.63. The molecule has 0 aliphatic heterocycles. The highest BCUT2D eigenvalue weighted by Gasteiger charge is 2.15. The molecule has 0 N–H and O–H groups in total. The van der Waals surface area contributed by atoms with Crippen molar-refractivity contribution < 1.29 is 4.42 Å². The van der Waals surface area contributed by atoms with Gasteiger partial charge in [-0.05, 0) is 29.8 Å². The van der Waals surface area contributed by atoms with Gasteiger partial charge in [-0.25, -0.2) is 0 Å². The van der Waals surface area contributed by atoms with Crippen molar-refractivity contribution in [3.05, 3.63) is 69.6 Å². The summed E-state index contributed by atoms with van der Waals surface area (Å²) in [5.41, 5.74) is 4.14. The van der Waals surface area contributed by atoms with Gasteiger partial charge in [0.05, 0.1) is 0 Å². The molecule has 0 aliphatic carbocycles. The van der Waals surface area contributed by atoms with Crippen LogP contribution in [-0.2, 0) is 0 Å². The van der Waals surface area contributed by atoms with Gasteiger partial charge in [0.15, 0.2) is 0 Å². The fourth-order valence-electron chi connectivity index (χ4n) is 2.74. The lowest BCUT2D eigenvalue weighted by Gasteiger charge is -2.09. The summed E-state index contributed by atoms with van der Waals surface area (Å²) in [6.45, 7) is 0. The van der Waals surface area contributed by atoms with E-state index in [9.17, 15) is 0 Å². The summed E-state index contributed by atoms with van der Waals surface area (Å²) >= 11 is 7.32. The molecule has 0 bridgehead atoms. The Bertz CT molecular complexity index is 949. The molecule has 21 heavy (non-hydrogen) atoms. The molecule has 0 radical (unpaired) electrons. The number of benzene rings is 3. The Morgan fingerprint density at radius 1 is 0.667 bits per heavy atom. The van der Waals surface area contributed by atoms with E-state index < -0.39 is 0 Å². The number of para-hydroxylation sites is 1. The van der Waals surface area contributed by atoms with Crippen molar-refractivity contribution in [2.24, 2.45) is 0 Å². The molecule has 0 atom stereocenters. The predicted octanol–water partition coefficient (Wildman–Crippen LogP) is 6.78. The summed E-state index contributed by atoms with van der Waals surface area (Å²) < 4.78 is 8.09. The third kappa shape index (κ3) is 2.03. The molecule has 0 amide bonds. The van der Waals surface area contributed by atoms with E-state index in [2.05, 4.69) is 56.1 Å². The molecule has 3 heteroatoms. The van der Waals surface area contributed by atoms with Gasteiger partial charge in [-0.2, -0.15) is 0 Å². The molecule has 4 aromatic rings. The highest BCUT2D eigenvalue weighted by molar-refractivity contribution is 9.11. The Kier molecular flexibility index (Phi) is 3.12. The van der Waals surface area contributed by atoms with Gasteiger partial charge in [0, 0.05) is 25.3 Å². The van der Waals surface area contributed by atoms with Gasteiger partial charge in [-0.15, -0.1) is 0 Å². The van der Waals surface area contributed by atoms with Crippen molar-refractivity contribution in [3.8, 4) is 11.1 Å². The minimum atomic E-state index is 0.913. The number of hydrogen-bond donors (Lipinski definition) is 0.